The zero-order valence-electron chi connectivity index (χ0n) is 7.64. The molecule has 1 aromatic carbocycles. The third kappa shape index (κ3) is 2.19. The Morgan fingerprint density at radius 1 is 1.29 bits per heavy atom. The molecular formula is C10H9BrN2S. The molecule has 0 unspecified atom stereocenters. The minimum atomic E-state index is 1.01. The molecule has 2 nitrogen and oxygen atoms in total. The van der Waals surface area contributed by atoms with Crippen LogP contribution in [0.2, 0.25) is 0 Å². The van der Waals surface area contributed by atoms with Gasteiger partial charge in [-0.2, -0.15) is 0 Å². The van der Waals surface area contributed by atoms with Crippen molar-refractivity contribution in [3.8, 4) is 0 Å². The Bertz CT molecular complexity index is 422. The lowest BCUT2D eigenvalue weighted by molar-refractivity contribution is 0.790. The second-order valence-corrected chi connectivity index (χ2v) is 4.83. The van der Waals surface area contributed by atoms with E-state index >= 15 is 0 Å². The van der Waals surface area contributed by atoms with E-state index in [0.29, 0.717) is 0 Å². The molecule has 0 saturated heterocycles. The largest absolute Gasteiger partial charge is 0.329 e. The van der Waals surface area contributed by atoms with Crippen molar-refractivity contribution < 1.29 is 0 Å². The highest BCUT2D eigenvalue weighted by Gasteiger charge is 2.01. The van der Waals surface area contributed by atoms with Gasteiger partial charge in [0.1, 0.15) is 0 Å². The lowest BCUT2D eigenvalue weighted by Crippen LogP contribution is -1.87. The molecule has 14 heavy (non-hydrogen) atoms. The summed E-state index contributed by atoms with van der Waals surface area (Å²) in [6.07, 6.45) is 3.75. The molecule has 1 heterocycles. The molecular weight excluding hydrogens is 260 g/mol. The summed E-state index contributed by atoms with van der Waals surface area (Å²) < 4.78 is 3.11. The van der Waals surface area contributed by atoms with Gasteiger partial charge in [0.25, 0.3) is 0 Å². The van der Waals surface area contributed by atoms with Gasteiger partial charge in [0, 0.05) is 28.8 Å². The van der Waals surface area contributed by atoms with Crippen molar-refractivity contribution in [1.29, 1.82) is 0 Å². The Labute approximate surface area is 95.5 Å². The summed E-state index contributed by atoms with van der Waals surface area (Å²) in [7, 11) is 1.99. The summed E-state index contributed by atoms with van der Waals surface area (Å²) in [4.78, 5) is 5.44. The first-order chi connectivity index (χ1) is 6.75. The number of aromatic nitrogens is 2. The van der Waals surface area contributed by atoms with Crippen molar-refractivity contribution in [2.24, 2.45) is 7.05 Å². The maximum Gasteiger partial charge on any atom is 0.172 e. The number of aryl methyl sites for hydroxylation is 1. The Balaban J connectivity index is 2.19. The second kappa shape index (κ2) is 4.19. The zero-order valence-corrected chi connectivity index (χ0v) is 10.0. The summed E-state index contributed by atoms with van der Waals surface area (Å²) in [5.41, 5.74) is 0. The normalized spacial score (nSPS) is 10.4. The van der Waals surface area contributed by atoms with Gasteiger partial charge in [0.05, 0.1) is 0 Å². The van der Waals surface area contributed by atoms with Crippen LogP contribution in [-0.2, 0) is 7.05 Å². The Morgan fingerprint density at radius 3 is 2.57 bits per heavy atom. The first-order valence-electron chi connectivity index (χ1n) is 4.16. The van der Waals surface area contributed by atoms with Gasteiger partial charge in [0.15, 0.2) is 5.16 Å². The molecule has 0 saturated carbocycles. The van der Waals surface area contributed by atoms with Crippen LogP contribution in [0.3, 0.4) is 0 Å². The Morgan fingerprint density at radius 2 is 2.00 bits per heavy atom. The fourth-order valence-electron chi connectivity index (χ4n) is 1.06. The van der Waals surface area contributed by atoms with Gasteiger partial charge >= 0.3 is 0 Å². The van der Waals surface area contributed by atoms with Crippen molar-refractivity contribution in [2.45, 2.75) is 10.1 Å². The summed E-state index contributed by atoms with van der Waals surface area (Å²) in [6.45, 7) is 0. The smallest absolute Gasteiger partial charge is 0.172 e. The van der Waals surface area contributed by atoms with Crippen LogP contribution in [0.1, 0.15) is 0 Å². The lowest BCUT2D eigenvalue weighted by Gasteiger charge is -2.01. The van der Waals surface area contributed by atoms with E-state index in [9.17, 15) is 0 Å². The van der Waals surface area contributed by atoms with Crippen molar-refractivity contribution in [1.82, 2.24) is 9.55 Å². The van der Waals surface area contributed by atoms with E-state index in [1.54, 1.807) is 18.0 Å². The van der Waals surface area contributed by atoms with Gasteiger partial charge in [-0.3, -0.25) is 0 Å². The van der Waals surface area contributed by atoms with Gasteiger partial charge in [-0.25, -0.2) is 4.98 Å². The van der Waals surface area contributed by atoms with E-state index in [-0.39, 0.29) is 0 Å². The van der Waals surface area contributed by atoms with E-state index in [1.807, 2.05) is 29.9 Å². The second-order valence-electron chi connectivity index (χ2n) is 2.88. The van der Waals surface area contributed by atoms with E-state index in [2.05, 4.69) is 33.0 Å². The summed E-state index contributed by atoms with van der Waals surface area (Å²) in [6, 6.07) is 8.21. The fraction of sp³-hybridized carbons (Fsp3) is 0.100. The summed E-state index contributed by atoms with van der Waals surface area (Å²) >= 11 is 5.07. The maximum atomic E-state index is 4.25. The first kappa shape index (κ1) is 9.80. The van der Waals surface area contributed by atoms with E-state index in [0.717, 1.165) is 9.63 Å². The average Bonchev–Trinajstić information content (AvgIpc) is 2.56. The highest BCUT2D eigenvalue weighted by Crippen LogP contribution is 2.26. The molecule has 0 fully saturated rings. The SMILES string of the molecule is Cn1ccnc1Sc1ccc(Br)cc1. The van der Waals surface area contributed by atoms with Gasteiger partial charge in [-0.05, 0) is 24.3 Å². The van der Waals surface area contributed by atoms with Gasteiger partial charge in [0.2, 0.25) is 0 Å². The Kier molecular flexibility index (Phi) is 2.93. The van der Waals surface area contributed by atoms with Gasteiger partial charge < -0.3 is 4.57 Å². The number of hydrogen-bond acceptors (Lipinski definition) is 2. The van der Waals surface area contributed by atoms with Crippen molar-refractivity contribution >= 4 is 27.7 Å². The van der Waals surface area contributed by atoms with Crippen LogP contribution in [0.15, 0.2) is 51.2 Å². The molecule has 0 radical (unpaired) electrons. The van der Waals surface area contributed by atoms with E-state index < -0.39 is 0 Å². The highest BCUT2D eigenvalue weighted by molar-refractivity contribution is 9.10. The quantitative estimate of drug-likeness (QED) is 0.832. The third-order valence-electron chi connectivity index (χ3n) is 1.80. The Hall–Kier alpha value is -0.740. The number of rotatable bonds is 2. The number of benzene rings is 1. The number of halogens is 1. The van der Waals surface area contributed by atoms with Crippen LogP contribution in [0.25, 0.3) is 0 Å². The fourth-order valence-corrected chi connectivity index (χ4v) is 2.12. The van der Waals surface area contributed by atoms with Crippen molar-refractivity contribution in [3.63, 3.8) is 0 Å². The molecule has 0 spiro atoms. The predicted octanol–water partition coefficient (Wildman–Crippen LogP) is 3.33. The van der Waals surface area contributed by atoms with Gasteiger partial charge in [-0.15, -0.1) is 0 Å². The van der Waals surface area contributed by atoms with Crippen LogP contribution >= 0.6 is 27.7 Å². The summed E-state index contributed by atoms with van der Waals surface area (Å²) in [5.74, 6) is 0. The molecule has 0 aliphatic heterocycles. The van der Waals surface area contributed by atoms with Crippen LogP contribution in [0.4, 0.5) is 0 Å². The van der Waals surface area contributed by atoms with Crippen LogP contribution < -0.4 is 0 Å². The molecule has 0 amide bonds. The van der Waals surface area contributed by atoms with Crippen LogP contribution in [0.5, 0.6) is 0 Å². The standard InChI is InChI=1S/C10H9BrN2S/c1-13-7-6-12-10(13)14-9-4-2-8(11)3-5-9/h2-7H,1H3. The molecule has 0 aliphatic rings. The first-order valence-corrected chi connectivity index (χ1v) is 5.77. The van der Waals surface area contributed by atoms with Crippen molar-refractivity contribution in [3.05, 3.63) is 41.1 Å². The predicted molar refractivity (Wildman–Crippen MR) is 61.5 cm³/mol. The summed E-state index contributed by atoms with van der Waals surface area (Å²) in [5, 5.41) is 1.01. The average molecular weight is 269 g/mol. The maximum absolute atomic E-state index is 4.25. The van der Waals surface area contributed by atoms with Crippen molar-refractivity contribution in [2.75, 3.05) is 0 Å². The molecule has 4 heteroatoms. The zero-order chi connectivity index (χ0) is 9.97. The number of imidazole rings is 1. The van der Waals surface area contributed by atoms with Crippen LogP contribution in [0, 0.1) is 0 Å². The van der Waals surface area contributed by atoms with E-state index in [1.165, 1.54) is 4.90 Å². The molecule has 72 valence electrons. The molecule has 0 aliphatic carbocycles. The van der Waals surface area contributed by atoms with Gasteiger partial charge in [-0.1, -0.05) is 27.7 Å². The molecule has 2 aromatic rings. The molecule has 1 aromatic heterocycles. The molecule has 2 rings (SSSR count). The topological polar surface area (TPSA) is 17.8 Å². The third-order valence-corrected chi connectivity index (χ3v) is 3.41. The lowest BCUT2D eigenvalue weighted by atomic mass is 10.4. The highest BCUT2D eigenvalue weighted by atomic mass is 79.9. The molecule has 0 bridgehead atoms. The van der Waals surface area contributed by atoms with E-state index in [4.69, 9.17) is 0 Å². The number of hydrogen-bond donors (Lipinski definition) is 0. The molecule has 0 atom stereocenters. The van der Waals surface area contributed by atoms with Crippen LogP contribution in [-0.4, -0.2) is 9.55 Å². The molecule has 0 N–H and O–H groups in total. The minimum Gasteiger partial charge on any atom is -0.329 e. The monoisotopic (exact) mass is 268 g/mol. The number of nitrogens with zero attached hydrogens (tertiary/aromatic N) is 2. The minimum absolute atomic E-state index is 1.01.